The first-order valence-corrected chi connectivity index (χ1v) is 10.5. The van der Waals surface area contributed by atoms with Crippen LogP contribution in [0.25, 0.3) is 0 Å². The summed E-state index contributed by atoms with van der Waals surface area (Å²) in [5.74, 6) is 0.240. The summed E-state index contributed by atoms with van der Waals surface area (Å²) in [6.07, 6.45) is 6.12. The zero-order valence-electron chi connectivity index (χ0n) is 14.8. The molecular formula is C19H29N3O2S. The quantitative estimate of drug-likeness (QED) is 0.778. The Kier molecular flexibility index (Phi) is 5.41. The highest BCUT2D eigenvalue weighted by molar-refractivity contribution is 7.07. The van der Waals surface area contributed by atoms with Crippen LogP contribution in [0.3, 0.4) is 0 Å². The third-order valence-corrected chi connectivity index (χ3v) is 6.78. The minimum atomic E-state index is 0.240. The normalized spacial score (nSPS) is 27.5. The molecule has 0 radical (unpaired) electrons. The molecule has 6 heteroatoms. The summed E-state index contributed by atoms with van der Waals surface area (Å²) in [6, 6.07) is 2.56. The van der Waals surface area contributed by atoms with Crippen LogP contribution in [0.15, 0.2) is 16.8 Å². The average molecular weight is 364 g/mol. The van der Waals surface area contributed by atoms with Crippen LogP contribution in [0.5, 0.6) is 0 Å². The molecule has 3 fully saturated rings. The number of nitrogens with one attached hydrogen (secondary N) is 2. The van der Waals surface area contributed by atoms with Crippen molar-refractivity contribution in [3.05, 3.63) is 22.4 Å². The Balaban J connectivity index is 1.35. The van der Waals surface area contributed by atoms with Gasteiger partial charge in [0.05, 0.1) is 12.6 Å². The highest BCUT2D eigenvalue weighted by Crippen LogP contribution is 2.56. The monoisotopic (exact) mass is 363 g/mol. The fraction of sp³-hybridized carbons (Fsp3) is 0.737. The summed E-state index contributed by atoms with van der Waals surface area (Å²) >= 11 is 1.71. The fourth-order valence-electron chi connectivity index (χ4n) is 4.43. The summed E-state index contributed by atoms with van der Waals surface area (Å²) in [5, 5.41) is 11.0. The molecule has 5 nitrogen and oxygen atoms in total. The van der Waals surface area contributed by atoms with Crippen LogP contribution in [0.1, 0.15) is 37.7 Å². The summed E-state index contributed by atoms with van der Waals surface area (Å²) < 4.78 is 5.64. The highest BCUT2D eigenvalue weighted by atomic mass is 32.1. The number of carbonyl (C=O) groups is 1. The molecule has 1 saturated carbocycles. The highest BCUT2D eigenvalue weighted by Gasteiger charge is 2.57. The number of hydrogen-bond donors (Lipinski definition) is 2. The maximum atomic E-state index is 13.0. The minimum Gasteiger partial charge on any atom is -0.377 e. The van der Waals surface area contributed by atoms with Gasteiger partial charge in [-0.3, -0.25) is 4.79 Å². The third-order valence-electron chi connectivity index (χ3n) is 6.05. The molecule has 4 rings (SSSR count). The summed E-state index contributed by atoms with van der Waals surface area (Å²) in [6.45, 7) is 5.02. The van der Waals surface area contributed by atoms with E-state index < -0.39 is 0 Å². The van der Waals surface area contributed by atoms with E-state index in [1.807, 2.05) is 0 Å². The average Bonchev–Trinajstić information content (AvgIpc) is 3.07. The van der Waals surface area contributed by atoms with Gasteiger partial charge < -0.3 is 20.3 Å². The molecule has 25 heavy (non-hydrogen) atoms. The molecule has 2 atom stereocenters. The van der Waals surface area contributed by atoms with Crippen LogP contribution in [-0.2, 0) is 16.1 Å². The minimum absolute atomic E-state index is 0.240. The van der Waals surface area contributed by atoms with E-state index in [4.69, 9.17) is 4.74 Å². The van der Waals surface area contributed by atoms with Crippen LogP contribution < -0.4 is 10.6 Å². The van der Waals surface area contributed by atoms with Gasteiger partial charge in [0.15, 0.2) is 0 Å². The maximum absolute atomic E-state index is 13.0. The second-order valence-corrected chi connectivity index (χ2v) is 8.53. The number of thiophene rings is 1. The smallest absolute Gasteiger partial charge is 0.237 e. The van der Waals surface area contributed by atoms with Crippen molar-refractivity contribution in [3.63, 3.8) is 0 Å². The summed E-state index contributed by atoms with van der Waals surface area (Å²) in [4.78, 5) is 15.1. The molecule has 1 spiro atoms. The zero-order chi connectivity index (χ0) is 17.1. The Bertz CT molecular complexity index is 565. The van der Waals surface area contributed by atoms with Crippen LogP contribution >= 0.6 is 11.3 Å². The van der Waals surface area contributed by atoms with E-state index in [2.05, 4.69) is 32.4 Å². The first-order chi connectivity index (χ1) is 12.3. The van der Waals surface area contributed by atoms with E-state index in [1.165, 1.54) is 24.8 Å². The predicted octanol–water partition coefficient (Wildman–Crippen LogP) is 1.99. The van der Waals surface area contributed by atoms with E-state index in [0.29, 0.717) is 18.0 Å². The van der Waals surface area contributed by atoms with Gasteiger partial charge in [0.25, 0.3) is 0 Å². The topological polar surface area (TPSA) is 53.6 Å². The molecule has 0 bridgehead atoms. The van der Waals surface area contributed by atoms with Crippen molar-refractivity contribution in [2.24, 2.45) is 5.41 Å². The van der Waals surface area contributed by atoms with Gasteiger partial charge in [-0.15, -0.1) is 0 Å². The molecule has 2 N–H and O–H groups in total. The van der Waals surface area contributed by atoms with Crippen molar-refractivity contribution in [3.8, 4) is 0 Å². The molecule has 2 aliphatic heterocycles. The van der Waals surface area contributed by atoms with Crippen LogP contribution in [0.4, 0.5) is 0 Å². The van der Waals surface area contributed by atoms with Crippen molar-refractivity contribution >= 4 is 17.2 Å². The van der Waals surface area contributed by atoms with Gasteiger partial charge in [-0.2, -0.15) is 11.3 Å². The summed E-state index contributed by atoms with van der Waals surface area (Å²) in [5.41, 5.74) is 1.64. The number of ether oxygens (including phenoxy) is 1. The Labute approximate surface area is 154 Å². The van der Waals surface area contributed by atoms with Crippen molar-refractivity contribution in [2.75, 3.05) is 32.8 Å². The lowest BCUT2D eigenvalue weighted by molar-refractivity contribution is -0.132. The van der Waals surface area contributed by atoms with Crippen molar-refractivity contribution in [1.29, 1.82) is 0 Å². The SMILES string of the molecule is O=C(CNC[C@@H]1CCCO1)N(Cc1ccsc1)[C@@H]1CC12CCNCC2. The van der Waals surface area contributed by atoms with Crippen molar-refractivity contribution in [2.45, 2.75) is 50.8 Å². The van der Waals surface area contributed by atoms with Crippen LogP contribution in [-0.4, -0.2) is 55.7 Å². The predicted molar refractivity (Wildman–Crippen MR) is 99.7 cm³/mol. The second-order valence-electron chi connectivity index (χ2n) is 7.75. The van der Waals surface area contributed by atoms with Crippen molar-refractivity contribution in [1.82, 2.24) is 15.5 Å². The number of rotatable bonds is 7. The lowest BCUT2D eigenvalue weighted by Crippen LogP contribution is -2.43. The number of hydrogen-bond acceptors (Lipinski definition) is 5. The van der Waals surface area contributed by atoms with Crippen LogP contribution in [0, 0.1) is 5.41 Å². The largest absolute Gasteiger partial charge is 0.377 e. The van der Waals surface area contributed by atoms with Crippen LogP contribution in [0.2, 0.25) is 0 Å². The molecule has 0 aromatic carbocycles. The Hall–Kier alpha value is -0.950. The molecule has 1 aromatic heterocycles. The summed E-state index contributed by atoms with van der Waals surface area (Å²) in [7, 11) is 0. The lowest BCUT2D eigenvalue weighted by atomic mass is 9.93. The Morgan fingerprint density at radius 1 is 1.44 bits per heavy atom. The van der Waals surface area contributed by atoms with E-state index >= 15 is 0 Å². The number of carbonyl (C=O) groups excluding carboxylic acids is 1. The Morgan fingerprint density at radius 3 is 3.04 bits per heavy atom. The third kappa shape index (κ3) is 4.08. The van der Waals surface area contributed by atoms with Gasteiger partial charge in [-0.1, -0.05) is 0 Å². The Morgan fingerprint density at radius 2 is 2.32 bits per heavy atom. The van der Waals surface area contributed by atoms with Gasteiger partial charge in [0.2, 0.25) is 5.91 Å². The molecule has 0 unspecified atom stereocenters. The van der Waals surface area contributed by atoms with E-state index in [0.717, 1.165) is 45.6 Å². The fourth-order valence-corrected chi connectivity index (χ4v) is 5.09. The number of amides is 1. The van der Waals surface area contributed by atoms with Gasteiger partial charge in [-0.25, -0.2) is 0 Å². The van der Waals surface area contributed by atoms with Gasteiger partial charge in [0.1, 0.15) is 0 Å². The standard InChI is InChI=1S/C19H29N3O2S/c23-18(12-21-11-16-2-1-8-24-16)22(13-15-3-9-25-14-15)17-10-19(17)4-6-20-7-5-19/h3,9,14,16-17,20-21H,1-2,4-8,10-13H2/t16-,17+/m0/s1. The molecule has 3 heterocycles. The molecule has 1 aromatic rings. The molecule has 138 valence electrons. The number of piperidine rings is 1. The van der Waals surface area contributed by atoms with Gasteiger partial charge in [0, 0.05) is 25.7 Å². The first-order valence-electron chi connectivity index (χ1n) is 9.60. The van der Waals surface area contributed by atoms with Crippen molar-refractivity contribution < 1.29 is 9.53 Å². The second kappa shape index (κ2) is 7.74. The maximum Gasteiger partial charge on any atom is 0.237 e. The van der Waals surface area contributed by atoms with Gasteiger partial charge >= 0.3 is 0 Å². The number of nitrogens with zero attached hydrogens (tertiary/aromatic N) is 1. The zero-order valence-corrected chi connectivity index (χ0v) is 15.7. The molecular weight excluding hydrogens is 334 g/mol. The molecule has 2 saturated heterocycles. The molecule has 1 amide bonds. The van der Waals surface area contributed by atoms with E-state index in [1.54, 1.807) is 11.3 Å². The van der Waals surface area contributed by atoms with E-state index in [9.17, 15) is 4.79 Å². The first kappa shape index (κ1) is 17.5. The van der Waals surface area contributed by atoms with E-state index in [-0.39, 0.29) is 12.0 Å². The van der Waals surface area contributed by atoms with Gasteiger partial charge in [-0.05, 0) is 73.0 Å². The molecule has 1 aliphatic carbocycles. The lowest BCUT2D eigenvalue weighted by Gasteiger charge is -2.30. The molecule has 3 aliphatic rings.